The zero-order valence-corrected chi connectivity index (χ0v) is 31.5. The average molecular weight is 753 g/mol. The number of ether oxygens (including phenoxy) is 1. The number of hydrogen-bond donors (Lipinski definition) is 1. The third kappa shape index (κ3) is 6.23. The molecule has 0 atom stereocenters. The molecule has 12 heteroatoms. The number of fused-ring (bicyclic) bond motifs is 4. The Labute approximate surface area is 316 Å². The molecule has 54 heavy (non-hydrogen) atoms. The van der Waals surface area contributed by atoms with Crippen LogP contribution in [0.4, 0.5) is 0 Å². The van der Waals surface area contributed by atoms with Gasteiger partial charge in [-0.3, -0.25) is 0 Å². The Kier molecular flexibility index (Phi) is 8.37. The monoisotopic (exact) mass is 752 g/mol. The number of benzene rings is 4. The summed E-state index contributed by atoms with van der Waals surface area (Å²) >= 11 is 3.07. The number of hydrogen-bond acceptors (Lipinski definition) is 12. The normalized spacial score (nSPS) is 11.6. The van der Waals surface area contributed by atoms with Crippen molar-refractivity contribution in [3.8, 4) is 48.8 Å². The highest BCUT2D eigenvalue weighted by Crippen LogP contribution is 2.38. The van der Waals surface area contributed by atoms with Gasteiger partial charge in [-0.25, -0.2) is 19.9 Å². The molecule has 0 aliphatic heterocycles. The van der Waals surface area contributed by atoms with Crippen LogP contribution in [0.2, 0.25) is 0 Å². The fourth-order valence-electron chi connectivity index (χ4n) is 6.02. The van der Waals surface area contributed by atoms with Crippen molar-refractivity contribution in [2.75, 3.05) is 7.11 Å². The van der Waals surface area contributed by atoms with Gasteiger partial charge in [0.05, 0.1) is 33.2 Å². The van der Waals surface area contributed by atoms with E-state index in [1.165, 1.54) is 33.6 Å². The second-order valence-corrected chi connectivity index (χ2v) is 15.2. The van der Waals surface area contributed by atoms with E-state index in [0.717, 1.165) is 64.1 Å². The molecular formula is C42H32N4O6S2. The molecule has 0 saturated heterocycles. The van der Waals surface area contributed by atoms with Crippen molar-refractivity contribution < 1.29 is 27.5 Å². The van der Waals surface area contributed by atoms with E-state index in [9.17, 15) is 5.11 Å². The number of aliphatic hydroxyl groups is 1. The van der Waals surface area contributed by atoms with Crippen LogP contribution in [0.25, 0.3) is 87.5 Å². The summed E-state index contributed by atoms with van der Waals surface area (Å²) in [6.07, 6.45) is 0. The number of oxazole rings is 4. The van der Waals surface area contributed by atoms with Crippen LogP contribution in [0.5, 0.6) is 5.75 Å². The molecule has 0 radical (unpaired) electrons. The molecule has 0 amide bonds. The molecule has 0 saturated carbocycles. The lowest BCUT2D eigenvalue weighted by molar-refractivity contribution is 0.282. The predicted molar refractivity (Wildman–Crippen MR) is 212 cm³/mol. The van der Waals surface area contributed by atoms with Crippen LogP contribution in [0.3, 0.4) is 0 Å². The average Bonchev–Trinajstić information content (AvgIpc) is 4.02. The highest BCUT2D eigenvalue weighted by atomic mass is 32.1. The van der Waals surface area contributed by atoms with Gasteiger partial charge in [-0.05, 0) is 128 Å². The zero-order chi connectivity index (χ0) is 37.1. The van der Waals surface area contributed by atoms with Crippen LogP contribution < -0.4 is 4.74 Å². The molecule has 0 fully saturated rings. The fraction of sp³-hybridized carbons (Fsp3) is 0.143. The maximum absolute atomic E-state index is 9.26. The van der Waals surface area contributed by atoms with Gasteiger partial charge in [0.1, 0.15) is 27.8 Å². The number of nitrogens with zero attached hydrogens (tertiary/aromatic N) is 4. The smallest absolute Gasteiger partial charge is 0.237 e. The number of aromatic nitrogens is 4. The maximum Gasteiger partial charge on any atom is 0.237 e. The van der Waals surface area contributed by atoms with Crippen molar-refractivity contribution in [1.29, 1.82) is 0 Å². The molecule has 10 nitrogen and oxygen atoms in total. The molecule has 10 aromatic rings. The van der Waals surface area contributed by atoms with Gasteiger partial charge in [0.25, 0.3) is 0 Å². The van der Waals surface area contributed by atoms with Crippen molar-refractivity contribution in [1.82, 2.24) is 19.9 Å². The van der Waals surface area contributed by atoms with E-state index in [2.05, 4.69) is 59.8 Å². The minimum absolute atomic E-state index is 0.0301. The van der Waals surface area contributed by atoms with Crippen LogP contribution in [0.15, 0.2) is 103 Å². The van der Waals surface area contributed by atoms with Crippen molar-refractivity contribution >= 4 is 67.1 Å². The minimum atomic E-state index is -0.0301. The SMILES string of the molecule is COc1ccc2nc(-c3ccc(-c4nc5ccc(CO)cc5o4)s3)oc2c1.Cc1cc2nc(-c3ccc(-c4nc5cc(C)c(C)cc5o4)s3)oc2cc1C. The molecule has 268 valence electrons. The van der Waals surface area contributed by atoms with Gasteiger partial charge in [0.15, 0.2) is 22.3 Å². The lowest BCUT2D eigenvalue weighted by Crippen LogP contribution is -1.80. The Morgan fingerprint density at radius 2 is 0.870 bits per heavy atom. The second-order valence-electron chi connectivity index (χ2n) is 13.0. The van der Waals surface area contributed by atoms with Gasteiger partial charge in [-0.1, -0.05) is 6.07 Å². The highest BCUT2D eigenvalue weighted by molar-refractivity contribution is 7.19. The minimum Gasteiger partial charge on any atom is -0.497 e. The number of aliphatic hydroxyl groups excluding tert-OH is 1. The zero-order valence-electron chi connectivity index (χ0n) is 29.9. The Balaban J connectivity index is 0.000000142. The molecule has 0 unspecified atom stereocenters. The lowest BCUT2D eigenvalue weighted by Gasteiger charge is -1.96. The molecule has 4 aromatic carbocycles. The van der Waals surface area contributed by atoms with Gasteiger partial charge < -0.3 is 27.5 Å². The number of rotatable bonds is 6. The molecule has 0 aliphatic carbocycles. The van der Waals surface area contributed by atoms with Crippen LogP contribution in [-0.2, 0) is 6.61 Å². The number of aryl methyl sites for hydroxylation is 4. The first-order valence-corrected chi connectivity index (χ1v) is 18.8. The largest absolute Gasteiger partial charge is 0.497 e. The Hall–Kier alpha value is -6.08. The Morgan fingerprint density at radius 1 is 0.481 bits per heavy atom. The summed E-state index contributed by atoms with van der Waals surface area (Å²) in [6.45, 7) is 8.30. The van der Waals surface area contributed by atoms with Crippen molar-refractivity contribution in [3.63, 3.8) is 0 Å². The summed E-state index contributed by atoms with van der Waals surface area (Å²) in [5.41, 5.74) is 11.9. The lowest BCUT2D eigenvalue weighted by atomic mass is 10.1. The topological polar surface area (TPSA) is 134 Å². The molecule has 6 heterocycles. The number of methoxy groups -OCH3 is 1. The third-order valence-electron chi connectivity index (χ3n) is 9.29. The second kappa shape index (κ2) is 13.4. The van der Waals surface area contributed by atoms with Gasteiger partial charge >= 0.3 is 0 Å². The summed E-state index contributed by atoms with van der Waals surface area (Å²) in [7, 11) is 1.62. The first kappa shape index (κ1) is 33.7. The van der Waals surface area contributed by atoms with E-state index in [1.807, 2.05) is 66.7 Å². The Morgan fingerprint density at radius 3 is 1.31 bits per heavy atom. The van der Waals surface area contributed by atoms with Crippen molar-refractivity contribution in [2.45, 2.75) is 34.3 Å². The molecule has 0 bridgehead atoms. The predicted octanol–water partition coefficient (Wildman–Crippen LogP) is 11.5. The summed E-state index contributed by atoms with van der Waals surface area (Å²) < 4.78 is 28.9. The summed E-state index contributed by atoms with van der Waals surface area (Å²) in [5, 5.41) is 9.26. The molecule has 6 aromatic heterocycles. The van der Waals surface area contributed by atoms with Crippen LogP contribution in [0, 0.1) is 27.7 Å². The summed E-state index contributed by atoms with van der Waals surface area (Å²) in [5.74, 6) is 3.08. The van der Waals surface area contributed by atoms with Gasteiger partial charge in [0, 0.05) is 6.07 Å². The maximum atomic E-state index is 9.26. The van der Waals surface area contributed by atoms with E-state index in [-0.39, 0.29) is 6.61 Å². The van der Waals surface area contributed by atoms with E-state index in [4.69, 9.17) is 22.4 Å². The molecule has 0 spiro atoms. The van der Waals surface area contributed by atoms with Crippen molar-refractivity contribution in [3.05, 3.63) is 113 Å². The molecule has 0 aliphatic rings. The van der Waals surface area contributed by atoms with Crippen molar-refractivity contribution in [2.24, 2.45) is 0 Å². The fourth-order valence-corrected chi connectivity index (χ4v) is 7.73. The van der Waals surface area contributed by atoms with Crippen LogP contribution >= 0.6 is 22.7 Å². The molecular weight excluding hydrogens is 721 g/mol. The van der Waals surface area contributed by atoms with E-state index >= 15 is 0 Å². The van der Waals surface area contributed by atoms with Gasteiger partial charge in [-0.2, -0.15) is 0 Å². The first-order valence-electron chi connectivity index (χ1n) is 17.1. The van der Waals surface area contributed by atoms with Crippen LogP contribution in [-0.4, -0.2) is 32.2 Å². The molecule has 10 rings (SSSR count). The number of thiophene rings is 2. The van der Waals surface area contributed by atoms with Gasteiger partial charge in [0.2, 0.25) is 23.6 Å². The van der Waals surface area contributed by atoms with E-state index in [0.29, 0.717) is 34.7 Å². The quantitative estimate of drug-likeness (QED) is 0.175. The summed E-state index contributed by atoms with van der Waals surface area (Å²) in [6, 6.07) is 27.1. The standard InChI is InChI=1S/C22H18N2O2S.C20H14N2O4S/c1-11-7-15-17(9-13(11)3)25-21(23-15)19-5-6-20(27-19)22-24-16-8-12(2)14(4)10-18(16)26-22;1-24-12-3-5-14-16(9-12)26-20(22-14)18-7-6-17(27-18)19-21-13-4-2-11(10-23)8-15(13)25-19/h5-10H,1-4H3;2-9,23H,10H2,1H3. The first-order chi connectivity index (χ1) is 26.2. The van der Waals surface area contributed by atoms with E-state index in [1.54, 1.807) is 24.5 Å². The molecule has 1 N–H and O–H groups in total. The van der Waals surface area contributed by atoms with E-state index < -0.39 is 0 Å². The van der Waals surface area contributed by atoms with Gasteiger partial charge in [-0.15, -0.1) is 22.7 Å². The summed E-state index contributed by atoms with van der Waals surface area (Å²) in [4.78, 5) is 22.1. The highest BCUT2D eigenvalue weighted by Gasteiger charge is 2.18. The Bertz CT molecular complexity index is 2720. The third-order valence-corrected chi connectivity index (χ3v) is 11.4. The van der Waals surface area contributed by atoms with Crippen LogP contribution in [0.1, 0.15) is 27.8 Å².